The third-order valence-corrected chi connectivity index (χ3v) is 7.51. The first-order valence-corrected chi connectivity index (χ1v) is 11.9. The molecule has 1 aliphatic rings. The zero-order valence-corrected chi connectivity index (χ0v) is 18.9. The molecule has 0 bridgehead atoms. The van der Waals surface area contributed by atoms with Crippen LogP contribution in [-0.2, 0) is 10.0 Å². The molecule has 2 atom stereocenters. The summed E-state index contributed by atoms with van der Waals surface area (Å²) in [5.41, 5.74) is 8.75. The van der Waals surface area contributed by atoms with Gasteiger partial charge in [0.15, 0.2) is 0 Å². The van der Waals surface area contributed by atoms with Gasteiger partial charge in [-0.1, -0.05) is 24.3 Å². The summed E-state index contributed by atoms with van der Waals surface area (Å²) in [5.74, 6) is 0.848. The highest BCUT2D eigenvalue weighted by molar-refractivity contribution is 7.90. The molecule has 2 aromatic carbocycles. The standard InChI is InChI=1S/C24H23N3O5S/c1-14(28)20-10-15(11-23(26-20)31-2)22-12-18-21(9-8-17-19(25)13-32-24(17)18)27(22)33(29,30)16-6-4-3-5-7-16/h3-12,14,19,28H,13,25H2,1-2H3/t14?,19-/m1/s1. The molecule has 0 radical (unpaired) electrons. The molecule has 170 valence electrons. The summed E-state index contributed by atoms with van der Waals surface area (Å²) in [6.07, 6.45) is -0.868. The summed E-state index contributed by atoms with van der Waals surface area (Å²) in [6.45, 7) is 1.92. The number of aromatic nitrogens is 2. The minimum atomic E-state index is -3.98. The molecule has 1 unspecified atom stereocenters. The Morgan fingerprint density at radius 2 is 1.94 bits per heavy atom. The van der Waals surface area contributed by atoms with Crippen molar-refractivity contribution in [1.29, 1.82) is 0 Å². The number of nitrogens with two attached hydrogens (primary N) is 1. The van der Waals surface area contributed by atoms with Crippen molar-refractivity contribution in [3.05, 3.63) is 71.9 Å². The fraction of sp³-hybridized carbons (Fsp3) is 0.208. The first-order valence-electron chi connectivity index (χ1n) is 10.4. The molecule has 9 heteroatoms. The number of aliphatic hydroxyl groups is 1. The van der Waals surface area contributed by atoms with Gasteiger partial charge in [-0.25, -0.2) is 17.4 Å². The zero-order chi connectivity index (χ0) is 23.3. The van der Waals surface area contributed by atoms with Crippen molar-refractivity contribution in [2.75, 3.05) is 13.7 Å². The Labute approximate surface area is 191 Å². The van der Waals surface area contributed by atoms with Gasteiger partial charge in [-0.3, -0.25) is 0 Å². The molecule has 8 nitrogen and oxygen atoms in total. The van der Waals surface area contributed by atoms with Crippen LogP contribution in [0.15, 0.2) is 65.6 Å². The van der Waals surface area contributed by atoms with Crippen LogP contribution in [0.4, 0.5) is 0 Å². The first kappa shape index (κ1) is 21.4. The van der Waals surface area contributed by atoms with Crippen LogP contribution < -0.4 is 15.2 Å². The second-order valence-electron chi connectivity index (χ2n) is 7.95. The Bertz CT molecular complexity index is 1460. The maximum Gasteiger partial charge on any atom is 0.268 e. The monoisotopic (exact) mass is 465 g/mol. The number of aliphatic hydroxyl groups excluding tert-OH is 1. The molecule has 0 spiro atoms. The lowest BCUT2D eigenvalue weighted by molar-refractivity contribution is 0.193. The fourth-order valence-corrected chi connectivity index (χ4v) is 5.66. The van der Waals surface area contributed by atoms with Crippen LogP contribution in [0.3, 0.4) is 0 Å². The summed E-state index contributed by atoms with van der Waals surface area (Å²) < 4.78 is 40.1. The molecule has 1 aliphatic heterocycles. The molecule has 0 fully saturated rings. The molecule has 5 rings (SSSR count). The molecule has 3 heterocycles. The van der Waals surface area contributed by atoms with Crippen molar-refractivity contribution in [3.63, 3.8) is 0 Å². The summed E-state index contributed by atoms with van der Waals surface area (Å²) in [4.78, 5) is 4.43. The third-order valence-electron chi connectivity index (χ3n) is 5.76. The number of fused-ring (bicyclic) bond motifs is 3. The van der Waals surface area contributed by atoms with E-state index >= 15 is 0 Å². The van der Waals surface area contributed by atoms with Gasteiger partial charge >= 0.3 is 0 Å². The van der Waals surface area contributed by atoms with E-state index in [1.54, 1.807) is 61.5 Å². The smallest absolute Gasteiger partial charge is 0.268 e. The van der Waals surface area contributed by atoms with Crippen LogP contribution in [0.1, 0.15) is 30.3 Å². The van der Waals surface area contributed by atoms with Crippen molar-refractivity contribution >= 4 is 20.9 Å². The highest BCUT2D eigenvalue weighted by Crippen LogP contribution is 2.43. The molecule has 0 saturated carbocycles. The molecule has 0 aliphatic carbocycles. The molecular formula is C24H23N3O5S. The maximum absolute atomic E-state index is 13.8. The van der Waals surface area contributed by atoms with E-state index in [1.807, 2.05) is 6.07 Å². The zero-order valence-electron chi connectivity index (χ0n) is 18.1. The Hall–Kier alpha value is -3.40. The quantitative estimate of drug-likeness (QED) is 0.464. The van der Waals surface area contributed by atoms with Crippen molar-refractivity contribution in [2.45, 2.75) is 24.0 Å². The van der Waals surface area contributed by atoms with Crippen LogP contribution in [0, 0.1) is 0 Å². The minimum Gasteiger partial charge on any atom is -0.491 e. The van der Waals surface area contributed by atoms with Crippen LogP contribution in [-0.4, -0.2) is 36.2 Å². The molecular weight excluding hydrogens is 442 g/mol. The van der Waals surface area contributed by atoms with Gasteiger partial charge in [0.25, 0.3) is 10.0 Å². The van der Waals surface area contributed by atoms with Gasteiger partial charge in [-0.15, -0.1) is 0 Å². The third kappa shape index (κ3) is 3.45. The SMILES string of the molecule is COc1cc(-c2cc3c4c(ccc3n2S(=O)(=O)c2ccccc2)[C@H](N)CO4)cc(C(C)O)n1. The van der Waals surface area contributed by atoms with Crippen molar-refractivity contribution in [2.24, 2.45) is 5.73 Å². The Morgan fingerprint density at radius 3 is 2.64 bits per heavy atom. The summed E-state index contributed by atoms with van der Waals surface area (Å²) in [5, 5.41) is 10.8. The van der Waals surface area contributed by atoms with Gasteiger partial charge in [0.2, 0.25) is 5.88 Å². The number of benzene rings is 2. The predicted molar refractivity (Wildman–Crippen MR) is 124 cm³/mol. The lowest BCUT2D eigenvalue weighted by Gasteiger charge is -2.14. The molecule has 4 aromatic rings. The van der Waals surface area contributed by atoms with E-state index in [0.29, 0.717) is 40.2 Å². The van der Waals surface area contributed by atoms with E-state index in [0.717, 1.165) is 5.56 Å². The van der Waals surface area contributed by atoms with Gasteiger partial charge in [-0.05, 0) is 37.3 Å². The Balaban J connectivity index is 1.86. The van der Waals surface area contributed by atoms with Crippen molar-refractivity contribution in [1.82, 2.24) is 8.96 Å². The molecule has 2 aromatic heterocycles. The predicted octanol–water partition coefficient (Wildman–Crippen LogP) is 3.39. The van der Waals surface area contributed by atoms with Gasteiger partial charge in [0.05, 0.1) is 41.1 Å². The number of pyridine rings is 1. The van der Waals surface area contributed by atoms with E-state index < -0.39 is 16.1 Å². The van der Waals surface area contributed by atoms with E-state index in [4.69, 9.17) is 15.2 Å². The highest BCUT2D eigenvalue weighted by atomic mass is 32.2. The highest BCUT2D eigenvalue weighted by Gasteiger charge is 2.30. The Kier molecular flexibility index (Phi) is 5.12. The van der Waals surface area contributed by atoms with Crippen molar-refractivity contribution < 1.29 is 23.0 Å². The van der Waals surface area contributed by atoms with Gasteiger partial charge in [-0.2, -0.15) is 0 Å². The second-order valence-corrected chi connectivity index (χ2v) is 9.73. The van der Waals surface area contributed by atoms with Crippen molar-refractivity contribution in [3.8, 4) is 22.9 Å². The summed E-state index contributed by atoms with van der Waals surface area (Å²) >= 11 is 0. The topological polar surface area (TPSA) is 117 Å². The lowest BCUT2D eigenvalue weighted by atomic mass is 10.1. The van der Waals surface area contributed by atoms with E-state index in [1.165, 1.54) is 11.1 Å². The lowest BCUT2D eigenvalue weighted by Crippen LogP contribution is -2.14. The summed E-state index contributed by atoms with van der Waals surface area (Å²) in [7, 11) is -2.51. The van der Waals surface area contributed by atoms with E-state index in [9.17, 15) is 13.5 Å². The fourth-order valence-electron chi connectivity index (χ4n) is 4.11. The average molecular weight is 466 g/mol. The molecule has 3 N–H and O–H groups in total. The van der Waals surface area contributed by atoms with E-state index in [-0.39, 0.29) is 16.8 Å². The van der Waals surface area contributed by atoms with E-state index in [2.05, 4.69) is 4.98 Å². The largest absolute Gasteiger partial charge is 0.491 e. The van der Waals surface area contributed by atoms with Crippen LogP contribution >= 0.6 is 0 Å². The number of hydrogen-bond acceptors (Lipinski definition) is 7. The number of nitrogens with zero attached hydrogens (tertiary/aromatic N) is 2. The van der Waals surface area contributed by atoms with Crippen LogP contribution in [0.2, 0.25) is 0 Å². The number of methoxy groups -OCH3 is 1. The first-order chi connectivity index (χ1) is 15.8. The number of hydrogen-bond donors (Lipinski definition) is 2. The van der Waals surface area contributed by atoms with Gasteiger partial charge < -0.3 is 20.3 Å². The van der Waals surface area contributed by atoms with Gasteiger partial charge in [0, 0.05) is 22.6 Å². The molecule has 0 amide bonds. The normalized spacial score (nSPS) is 16.4. The molecule has 0 saturated heterocycles. The van der Waals surface area contributed by atoms with Crippen LogP contribution in [0.5, 0.6) is 11.6 Å². The second kappa shape index (κ2) is 7.87. The average Bonchev–Trinajstić information content (AvgIpc) is 3.40. The van der Waals surface area contributed by atoms with Gasteiger partial charge in [0.1, 0.15) is 12.4 Å². The summed E-state index contributed by atoms with van der Waals surface area (Å²) in [6, 6.07) is 16.6. The number of ether oxygens (including phenoxy) is 2. The number of rotatable bonds is 5. The minimum absolute atomic E-state index is 0.152. The van der Waals surface area contributed by atoms with Crippen LogP contribution in [0.25, 0.3) is 22.2 Å². The maximum atomic E-state index is 13.8. The molecule has 33 heavy (non-hydrogen) atoms. The Morgan fingerprint density at radius 1 is 1.18 bits per heavy atom.